The quantitative estimate of drug-likeness (QED) is 0.745. The van der Waals surface area contributed by atoms with Crippen LogP contribution in [0.2, 0.25) is 0 Å². The number of ether oxygens (including phenoxy) is 1. The number of rotatable bonds is 5. The molecule has 0 fully saturated rings. The Bertz CT molecular complexity index is 434. The molecule has 1 heterocycles. The average molecular weight is 249 g/mol. The number of hydrogen-bond acceptors (Lipinski definition) is 4. The van der Waals surface area contributed by atoms with Crippen LogP contribution in [0.25, 0.3) is 0 Å². The Morgan fingerprint density at radius 2 is 2.33 bits per heavy atom. The lowest BCUT2D eigenvalue weighted by molar-refractivity contribution is -0.121. The van der Waals surface area contributed by atoms with Crippen molar-refractivity contribution in [3.63, 3.8) is 0 Å². The topological polar surface area (TPSA) is 67.6 Å². The standard InChI is InChI=1S/C13H19N3O2/c1-2-15-5-6-16-11-7-10(8-14)3-4-12(11)18-9-13(16)17/h3-4,7,15H,2,5-6,8-9,14H2,1H3. The summed E-state index contributed by atoms with van der Waals surface area (Å²) in [5.74, 6) is 0.748. The van der Waals surface area contributed by atoms with Gasteiger partial charge in [0.15, 0.2) is 6.61 Å². The average Bonchev–Trinajstić information content (AvgIpc) is 2.41. The summed E-state index contributed by atoms with van der Waals surface area (Å²) in [5.41, 5.74) is 7.45. The Labute approximate surface area is 107 Å². The molecular weight excluding hydrogens is 230 g/mol. The Kier molecular flexibility index (Phi) is 4.17. The highest BCUT2D eigenvalue weighted by Crippen LogP contribution is 2.32. The first-order valence-electron chi connectivity index (χ1n) is 6.23. The summed E-state index contributed by atoms with van der Waals surface area (Å²) in [6.45, 7) is 4.94. The Morgan fingerprint density at radius 3 is 3.06 bits per heavy atom. The molecule has 18 heavy (non-hydrogen) atoms. The molecule has 98 valence electrons. The van der Waals surface area contributed by atoms with Crippen molar-refractivity contribution in [1.29, 1.82) is 0 Å². The van der Waals surface area contributed by atoms with Crippen LogP contribution in [0.4, 0.5) is 5.69 Å². The molecule has 1 aromatic carbocycles. The van der Waals surface area contributed by atoms with Crippen LogP contribution in [0.15, 0.2) is 18.2 Å². The third kappa shape index (κ3) is 2.63. The number of anilines is 1. The van der Waals surface area contributed by atoms with Gasteiger partial charge in [-0.2, -0.15) is 0 Å². The zero-order chi connectivity index (χ0) is 13.0. The normalized spacial score (nSPS) is 14.3. The summed E-state index contributed by atoms with van der Waals surface area (Å²) in [6, 6.07) is 5.74. The van der Waals surface area contributed by atoms with Gasteiger partial charge in [0.05, 0.1) is 5.69 Å². The van der Waals surface area contributed by atoms with E-state index in [0.717, 1.165) is 30.1 Å². The van der Waals surface area contributed by atoms with Gasteiger partial charge in [-0.05, 0) is 24.2 Å². The highest BCUT2D eigenvalue weighted by Gasteiger charge is 2.25. The van der Waals surface area contributed by atoms with Gasteiger partial charge in [0.1, 0.15) is 5.75 Å². The van der Waals surface area contributed by atoms with E-state index in [9.17, 15) is 4.79 Å². The maximum Gasteiger partial charge on any atom is 0.265 e. The molecule has 0 spiro atoms. The van der Waals surface area contributed by atoms with E-state index in [2.05, 4.69) is 5.32 Å². The molecule has 0 radical (unpaired) electrons. The largest absolute Gasteiger partial charge is 0.482 e. The van der Waals surface area contributed by atoms with Crippen LogP contribution in [0.5, 0.6) is 5.75 Å². The van der Waals surface area contributed by atoms with Gasteiger partial charge in [0.2, 0.25) is 0 Å². The van der Waals surface area contributed by atoms with Crippen LogP contribution >= 0.6 is 0 Å². The predicted molar refractivity (Wildman–Crippen MR) is 70.7 cm³/mol. The number of nitrogens with two attached hydrogens (primary N) is 1. The van der Waals surface area contributed by atoms with Gasteiger partial charge in [-0.15, -0.1) is 0 Å². The number of hydrogen-bond donors (Lipinski definition) is 2. The summed E-state index contributed by atoms with van der Waals surface area (Å²) in [5, 5.41) is 3.22. The van der Waals surface area contributed by atoms with Gasteiger partial charge in [0, 0.05) is 19.6 Å². The number of carbonyl (C=O) groups excluding carboxylic acids is 1. The molecule has 3 N–H and O–H groups in total. The van der Waals surface area contributed by atoms with Crippen molar-refractivity contribution in [2.75, 3.05) is 31.1 Å². The second kappa shape index (κ2) is 5.84. The Morgan fingerprint density at radius 1 is 1.50 bits per heavy atom. The van der Waals surface area contributed by atoms with Crippen molar-refractivity contribution in [3.8, 4) is 5.75 Å². The van der Waals surface area contributed by atoms with E-state index in [-0.39, 0.29) is 12.5 Å². The van der Waals surface area contributed by atoms with Crippen molar-refractivity contribution in [2.24, 2.45) is 5.73 Å². The van der Waals surface area contributed by atoms with E-state index in [1.807, 2.05) is 25.1 Å². The minimum Gasteiger partial charge on any atom is -0.482 e. The summed E-state index contributed by atoms with van der Waals surface area (Å²) < 4.78 is 5.42. The first kappa shape index (κ1) is 12.9. The first-order chi connectivity index (χ1) is 8.76. The Balaban J connectivity index is 2.21. The molecule has 2 rings (SSSR count). The maximum absolute atomic E-state index is 11.9. The van der Waals surface area contributed by atoms with Crippen molar-refractivity contribution in [2.45, 2.75) is 13.5 Å². The van der Waals surface area contributed by atoms with Gasteiger partial charge >= 0.3 is 0 Å². The third-order valence-electron chi connectivity index (χ3n) is 2.96. The van der Waals surface area contributed by atoms with Gasteiger partial charge < -0.3 is 20.7 Å². The molecule has 5 heteroatoms. The number of amides is 1. The molecule has 0 saturated heterocycles. The van der Waals surface area contributed by atoms with E-state index >= 15 is 0 Å². The van der Waals surface area contributed by atoms with Crippen molar-refractivity contribution < 1.29 is 9.53 Å². The summed E-state index contributed by atoms with van der Waals surface area (Å²) in [7, 11) is 0. The smallest absolute Gasteiger partial charge is 0.265 e. The van der Waals surface area contributed by atoms with E-state index in [1.54, 1.807) is 4.90 Å². The maximum atomic E-state index is 11.9. The van der Waals surface area contributed by atoms with Crippen molar-refractivity contribution in [3.05, 3.63) is 23.8 Å². The first-order valence-corrected chi connectivity index (χ1v) is 6.23. The minimum atomic E-state index is -0.00502. The molecule has 1 aromatic rings. The monoisotopic (exact) mass is 249 g/mol. The summed E-state index contributed by atoms with van der Waals surface area (Å²) in [4.78, 5) is 13.7. The lowest BCUT2D eigenvalue weighted by Crippen LogP contribution is -2.42. The number of fused-ring (bicyclic) bond motifs is 1. The molecule has 0 unspecified atom stereocenters. The molecule has 0 atom stereocenters. The fraction of sp³-hybridized carbons (Fsp3) is 0.462. The zero-order valence-electron chi connectivity index (χ0n) is 10.6. The SMILES string of the molecule is CCNCCN1C(=O)COc2ccc(CN)cc21. The number of carbonyl (C=O) groups is 1. The Hall–Kier alpha value is -1.59. The van der Waals surface area contributed by atoms with E-state index in [0.29, 0.717) is 13.1 Å². The lowest BCUT2D eigenvalue weighted by Gasteiger charge is -2.29. The van der Waals surface area contributed by atoms with Crippen LogP contribution in [-0.2, 0) is 11.3 Å². The second-order valence-corrected chi connectivity index (χ2v) is 4.19. The fourth-order valence-corrected chi connectivity index (χ4v) is 1.99. The molecule has 0 bridgehead atoms. The number of benzene rings is 1. The molecule has 1 amide bonds. The van der Waals surface area contributed by atoms with Gasteiger partial charge in [-0.1, -0.05) is 13.0 Å². The summed E-state index contributed by atoms with van der Waals surface area (Å²) in [6.07, 6.45) is 0. The number of likely N-dealkylation sites (N-methyl/N-ethyl adjacent to an activating group) is 1. The van der Waals surface area contributed by atoms with E-state index in [4.69, 9.17) is 10.5 Å². The number of nitrogens with one attached hydrogen (secondary N) is 1. The van der Waals surface area contributed by atoms with Gasteiger partial charge in [-0.3, -0.25) is 4.79 Å². The molecule has 1 aliphatic rings. The molecule has 0 saturated carbocycles. The predicted octanol–water partition coefficient (Wildman–Crippen LogP) is 0.480. The van der Waals surface area contributed by atoms with Crippen LogP contribution in [-0.4, -0.2) is 32.1 Å². The summed E-state index contributed by atoms with van der Waals surface area (Å²) >= 11 is 0. The van der Waals surface area contributed by atoms with E-state index < -0.39 is 0 Å². The third-order valence-corrected chi connectivity index (χ3v) is 2.96. The van der Waals surface area contributed by atoms with E-state index in [1.165, 1.54) is 0 Å². The zero-order valence-corrected chi connectivity index (χ0v) is 10.6. The highest BCUT2D eigenvalue weighted by atomic mass is 16.5. The lowest BCUT2D eigenvalue weighted by atomic mass is 10.1. The molecule has 1 aliphatic heterocycles. The van der Waals surface area contributed by atoms with Crippen molar-refractivity contribution >= 4 is 11.6 Å². The van der Waals surface area contributed by atoms with Gasteiger partial charge in [-0.25, -0.2) is 0 Å². The minimum absolute atomic E-state index is 0.00502. The van der Waals surface area contributed by atoms with Crippen molar-refractivity contribution in [1.82, 2.24) is 5.32 Å². The molecule has 0 aromatic heterocycles. The second-order valence-electron chi connectivity index (χ2n) is 4.19. The van der Waals surface area contributed by atoms with Gasteiger partial charge in [0.25, 0.3) is 5.91 Å². The van der Waals surface area contributed by atoms with Crippen LogP contribution in [0.3, 0.4) is 0 Å². The molecule has 0 aliphatic carbocycles. The van der Waals surface area contributed by atoms with Crippen LogP contribution < -0.4 is 20.7 Å². The number of nitrogens with zero attached hydrogens (tertiary/aromatic N) is 1. The van der Waals surface area contributed by atoms with Crippen LogP contribution in [0, 0.1) is 0 Å². The fourth-order valence-electron chi connectivity index (χ4n) is 1.99. The molecule has 5 nitrogen and oxygen atoms in total. The highest BCUT2D eigenvalue weighted by molar-refractivity contribution is 5.97. The van der Waals surface area contributed by atoms with Crippen LogP contribution in [0.1, 0.15) is 12.5 Å². The molecular formula is C13H19N3O2.